The number of piperazine rings is 1. The van der Waals surface area contributed by atoms with Crippen LogP contribution >= 0.6 is 11.3 Å². The second-order valence-electron chi connectivity index (χ2n) is 9.54. The van der Waals surface area contributed by atoms with Crippen molar-refractivity contribution in [2.75, 3.05) is 33.2 Å². The number of aromatic nitrogens is 1. The molecular formula is C26H28N4O4S. The second kappa shape index (κ2) is 9.39. The number of hydrogen-bond acceptors (Lipinski definition) is 6. The second-order valence-corrected chi connectivity index (χ2v) is 10.7. The number of nitrogens with one attached hydrogen (secondary N) is 1. The van der Waals surface area contributed by atoms with Crippen LogP contribution in [0.2, 0.25) is 0 Å². The number of nitrogens with zero attached hydrogens (tertiary/aromatic N) is 3. The molecule has 1 aliphatic carbocycles. The minimum atomic E-state index is -0.992. The normalized spacial score (nSPS) is 17.3. The molecule has 0 unspecified atom stereocenters. The first kappa shape index (κ1) is 23.4. The van der Waals surface area contributed by atoms with Crippen molar-refractivity contribution in [1.82, 2.24) is 20.1 Å². The van der Waals surface area contributed by atoms with Crippen molar-refractivity contribution in [3.05, 3.63) is 64.2 Å². The highest BCUT2D eigenvalue weighted by Gasteiger charge is 2.45. The van der Waals surface area contributed by atoms with Gasteiger partial charge in [-0.2, -0.15) is 0 Å². The van der Waals surface area contributed by atoms with Gasteiger partial charge in [-0.3, -0.25) is 14.4 Å². The third-order valence-electron chi connectivity index (χ3n) is 7.02. The van der Waals surface area contributed by atoms with Crippen molar-refractivity contribution in [2.24, 2.45) is 5.41 Å². The largest absolute Gasteiger partial charge is 0.481 e. The molecule has 2 amide bonds. The molecular weight excluding hydrogens is 464 g/mol. The maximum Gasteiger partial charge on any atom is 0.304 e. The summed E-state index contributed by atoms with van der Waals surface area (Å²) in [7, 11) is 2.06. The van der Waals surface area contributed by atoms with E-state index in [9.17, 15) is 19.5 Å². The predicted octanol–water partition coefficient (Wildman–Crippen LogP) is 2.56. The van der Waals surface area contributed by atoms with E-state index in [1.807, 2.05) is 47.4 Å². The molecule has 0 saturated carbocycles. The Labute approximate surface area is 207 Å². The van der Waals surface area contributed by atoms with Crippen LogP contribution in [0.15, 0.2) is 42.5 Å². The Morgan fingerprint density at radius 1 is 1.06 bits per heavy atom. The van der Waals surface area contributed by atoms with Crippen molar-refractivity contribution in [1.29, 1.82) is 0 Å². The Balaban J connectivity index is 1.28. The zero-order chi connectivity index (χ0) is 24.6. The number of rotatable bonds is 6. The van der Waals surface area contributed by atoms with Crippen LogP contribution in [-0.2, 0) is 29.0 Å². The van der Waals surface area contributed by atoms with Gasteiger partial charge in [-0.05, 0) is 49.2 Å². The number of fused-ring (bicyclic) bond motifs is 2. The smallest absolute Gasteiger partial charge is 0.304 e. The van der Waals surface area contributed by atoms with Crippen LogP contribution in [0.1, 0.15) is 32.9 Å². The molecule has 2 heterocycles. The quantitative estimate of drug-likeness (QED) is 0.548. The van der Waals surface area contributed by atoms with Crippen molar-refractivity contribution in [2.45, 2.75) is 25.8 Å². The fourth-order valence-corrected chi connectivity index (χ4v) is 6.01. The Hall–Kier alpha value is -3.30. The van der Waals surface area contributed by atoms with Crippen LogP contribution in [0.25, 0.3) is 10.2 Å². The molecule has 9 heteroatoms. The van der Waals surface area contributed by atoms with Gasteiger partial charge in [-0.1, -0.05) is 24.3 Å². The minimum Gasteiger partial charge on any atom is -0.481 e. The molecule has 2 N–H and O–H groups in total. The molecule has 1 aromatic heterocycles. The standard InChI is InChI=1S/C26H28N4O4S/c1-29-8-10-30(11-9-29)24(33)17-6-7-20-21(12-17)35-22(28-20)16-27-25(34)26(15-23(31)32)13-18-4-2-3-5-19(18)14-26/h2-7,12H,8-11,13-16H2,1H3,(H,27,34)(H,31,32). The average Bonchev–Trinajstić information content (AvgIpc) is 3.42. The van der Waals surface area contributed by atoms with Gasteiger partial charge in [0.2, 0.25) is 5.91 Å². The zero-order valence-electron chi connectivity index (χ0n) is 19.6. The Morgan fingerprint density at radius 3 is 2.40 bits per heavy atom. The third-order valence-corrected chi connectivity index (χ3v) is 8.04. The lowest BCUT2D eigenvalue weighted by Crippen LogP contribution is -2.47. The van der Waals surface area contributed by atoms with Gasteiger partial charge in [-0.15, -0.1) is 11.3 Å². The Bertz CT molecular complexity index is 1270. The topological polar surface area (TPSA) is 103 Å². The summed E-state index contributed by atoms with van der Waals surface area (Å²) in [4.78, 5) is 46.5. The van der Waals surface area contributed by atoms with Gasteiger partial charge in [0.15, 0.2) is 0 Å². The van der Waals surface area contributed by atoms with Crippen molar-refractivity contribution < 1.29 is 19.5 Å². The number of likely N-dealkylation sites (N-methyl/N-ethyl adjacent to an activating group) is 1. The van der Waals surface area contributed by atoms with E-state index in [2.05, 4.69) is 22.2 Å². The van der Waals surface area contributed by atoms with Crippen molar-refractivity contribution in [3.63, 3.8) is 0 Å². The highest BCUT2D eigenvalue weighted by molar-refractivity contribution is 7.18. The molecule has 182 valence electrons. The first-order chi connectivity index (χ1) is 16.8. The monoisotopic (exact) mass is 492 g/mol. The summed E-state index contributed by atoms with van der Waals surface area (Å²) in [6.07, 6.45) is 0.614. The molecule has 8 nitrogen and oxygen atoms in total. The molecule has 0 atom stereocenters. The van der Waals surface area contributed by atoms with E-state index >= 15 is 0 Å². The van der Waals surface area contributed by atoms with Crippen molar-refractivity contribution >= 4 is 39.3 Å². The van der Waals surface area contributed by atoms with Gasteiger partial charge in [0.05, 0.1) is 28.6 Å². The van der Waals surface area contributed by atoms with E-state index in [4.69, 9.17) is 0 Å². The summed E-state index contributed by atoms with van der Waals surface area (Å²) < 4.78 is 0.891. The van der Waals surface area contributed by atoms with Gasteiger partial charge in [-0.25, -0.2) is 4.98 Å². The van der Waals surface area contributed by atoms with E-state index in [1.165, 1.54) is 11.3 Å². The van der Waals surface area contributed by atoms with Crippen LogP contribution in [0, 0.1) is 5.41 Å². The Kier molecular flexibility index (Phi) is 6.29. The van der Waals surface area contributed by atoms with Gasteiger partial charge in [0.1, 0.15) is 5.01 Å². The molecule has 2 aliphatic rings. The fourth-order valence-electron chi connectivity index (χ4n) is 5.07. The zero-order valence-corrected chi connectivity index (χ0v) is 20.4. The summed E-state index contributed by atoms with van der Waals surface area (Å²) in [5.74, 6) is -1.22. The first-order valence-corrected chi connectivity index (χ1v) is 12.6. The van der Waals surface area contributed by atoms with E-state index in [1.54, 1.807) is 0 Å². The van der Waals surface area contributed by atoms with E-state index in [-0.39, 0.29) is 24.8 Å². The number of benzene rings is 2. The van der Waals surface area contributed by atoms with Crippen LogP contribution < -0.4 is 5.32 Å². The third kappa shape index (κ3) is 4.78. The molecule has 1 saturated heterocycles. The molecule has 0 spiro atoms. The maximum absolute atomic E-state index is 13.3. The lowest BCUT2D eigenvalue weighted by atomic mass is 9.80. The van der Waals surface area contributed by atoms with Crippen LogP contribution in [-0.4, -0.2) is 70.9 Å². The molecule has 2 aromatic carbocycles. The van der Waals surface area contributed by atoms with Crippen molar-refractivity contribution in [3.8, 4) is 0 Å². The average molecular weight is 493 g/mol. The number of amides is 2. The molecule has 1 aliphatic heterocycles. The van der Waals surface area contributed by atoms with Gasteiger partial charge in [0, 0.05) is 31.7 Å². The van der Waals surface area contributed by atoms with Gasteiger partial charge < -0.3 is 20.2 Å². The number of carbonyl (C=O) groups excluding carboxylic acids is 2. The minimum absolute atomic E-state index is 0.0275. The first-order valence-electron chi connectivity index (χ1n) is 11.8. The van der Waals surface area contributed by atoms with E-state index < -0.39 is 11.4 Å². The molecule has 3 aromatic rings. The maximum atomic E-state index is 13.3. The lowest BCUT2D eigenvalue weighted by molar-refractivity contribution is -0.145. The highest BCUT2D eigenvalue weighted by Crippen LogP contribution is 2.40. The number of hydrogen-bond donors (Lipinski definition) is 2. The fraction of sp³-hybridized carbons (Fsp3) is 0.385. The number of carboxylic acids is 1. The summed E-state index contributed by atoms with van der Waals surface area (Å²) in [6.45, 7) is 3.39. The molecule has 0 bridgehead atoms. The summed E-state index contributed by atoms with van der Waals surface area (Å²) >= 11 is 1.44. The number of carbonyl (C=O) groups is 3. The molecule has 5 rings (SSSR count). The molecule has 0 radical (unpaired) electrons. The highest BCUT2D eigenvalue weighted by atomic mass is 32.1. The summed E-state index contributed by atoms with van der Waals surface area (Å²) in [5.41, 5.74) is 2.49. The molecule has 35 heavy (non-hydrogen) atoms. The predicted molar refractivity (Wildman–Crippen MR) is 133 cm³/mol. The lowest BCUT2D eigenvalue weighted by Gasteiger charge is -2.32. The van der Waals surface area contributed by atoms with Crippen LogP contribution in [0.4, 0.5) is 0 Å². The Morgan fingerprint density at radius 2 is 1.74 bits per heavy atom. The van der Waals surface area contributed by atoms with E-state index in [0.29, 0.717) is 18.4 Å². The summed E-state index contributed by atoms with van der Waals surface area (Å²) in [6, 6.07) is 13.3. The SMILES string of the molecule is CN1CCN(C(=O)c2ccc3nc(CNC(=O)C4(CC(=O)O)Cc5ccccc5C4)sc3c2)CC1. The van der Waals surface area contributed by atoms with Gasteiger partial charge >= 0.3 is 5.97 Å². The van der Waals surface area contributed by atoms with Crippen LogP contribution in [0.3, 0.4) is 0 Å². The van der Waals surface area contributed by atoms with E-state index in [0.717, 1.165) is 52.5 Å². The molecule has 1 fully saturated rings. The number of aliphatic carboxylic acids is 1. The summed E-state index contributed by atoms with van der Waals surface area (Å²) in [5, 5.41) is 13.2. The van der Waals surface area contributed by atoms with Crippen LogP contribution in [0.5, 0.6) is 0 Å². The number of thiazole rings is 1. The van der Waals surface area contributed by atoms with Gasteiger partial charge in [0.25, 0.3) is 5.91 Å². The number of carboxylic acid groups (broad SMARTS) is 1.